The van der Waals surface area contributed by atoms with Gasteiger partial charge in [0, 0.05) is 43.4 Å². The van der Waals surface area contributed by atoms with E-state index in [-0.39, 0.29) is 17.9 Å². The van der Waals surface area contributed by atoms with Crippen LogP contribution in [0.4, 0.5) is 5.69 Å². The van der Waals surface area contributed by atoms with Crippen LogP contribution in [0.3, 0.4) is 0 Å². The van der Waals surface area contributed by atoms with Gasteiger partial charge in [-0.3, -0.25) is 10.2 Å². The predicted molar refractivity (Wildman–Crippen MR) is 109 cm³/mol. The lowest BCUT2D eigenvalue weighted by molar-refractivity contribution is -0.135. The highest BCUT2D eigenvalue weighted by molar-refractivity contribution is 6.30. The summed E-state index contributed by atoms with van der Waals surface area (Å²) in [7, 11) is 0. The van der Waals surface area contributed by atoms with Crippen molar-refractivity contribution in [2.24, 2.45) is 5.92 Å². The number of hydrazine groups is 1. The second-order valence-corrected chi connectivity index (χ2v) is 7.75. The van der Waals surface area contributed by atoms with Crippen molar-refractivity contribution in [2.75, 3.05) is 37.6 Å². The van der Waals surface area contributed by atoms with Gasteiger partial charge >= 0.3 is 0 Å². The third kappa shape index (κ3) is 3.95. The van der Waals surface area contributed by atoms with Crippen LogP contribution in [-0.2, 0) is 4.79 Å². The molecule has 2 aliphatic rings. The highest BCUT2D eigenvalue weighted by atomic mass is 35.5. The molecule has 2 aliphatic heterocycles. The van der Waals surface area contributed by atoms with Crippen molar-refractivity contribution in [1.82, 2.24) is 15.8 Å². The Balaban J connectivity index is 1.40. The molecule has 2 fully saturated rings. The number of hydrogen-bond acceptors (Lipinski definition) is 4. The number of carbonyl (C=O) groups excluding carboxylic acids is 1. The summed E-state index contributed by atoms with van der Waals surface area (Å²) < 4.78 is 0. The minimum absolute atomic E-state index is 0.0497. The Hall–Kier alpha value is -2.08. The lowest BCUT2D eigenvalue weighted by atomic mass is 9.93. The third-order valence-electron chi connectivity index (χ3n) is 5.50. The smallest absolute Gasteiger partial charge is 0.229 e. The zero-order chi connectivity index (χ0) is 18.8. The van der Waals surface area contributed by atoms with Crippen LogP contribution in [0.5, 0.6) is 0 Å². The van der Waals surface area contributed by atoms with Crippen molar-refractivity contribution in [1.29, 1.82) is 0 Å². The van der Waals surface area contributed by atoms with Crippen molar-refractivity contribution < 1.29 is 4.79 Å². The molecule has 0 aromatic heterocycles. The van der Waals surface area contributed by atoms with Crippen molar-refractivity contribution in [3.8, 4) is 0 Å². The number of nitrogens with zero attached hydrogens (tertiary/aromatic N) is 2. The number of nitrogens with one attached hydrogen (secondary N) is 2. The van der Waals surface area contributed by atoms with E-state index in [9.17, 15) is 4.79 Å². The SMILES string of the molecule is Cc1ccc(N2CCN(C(=O)C3CNNC3c3cccc(Cl)c3)CC2)cc1. The van der Waals surface area contributed by atoms with Crippen molar-refractivity contribution in [2.45, 2.75) is 13.0 Å². The first-order valence-corrected chi connectivity index (χ1v) is 9.84. The molecule has 2 heterocycles. The summed E-state index contributed by atoms with van der Waals surface area (Å²) in [4.78, 5) is 17.5. The van der Waals surface area contributed by atoms with Gasteiger partial charge in [-0.15, -0.1) is 0 Å². The summed E-state index contributed by atoms with van der Waals surface area (Å²) in [6.07, 6.45) is 0. The molecule has 0 saturated carbocycles. The zero-order valence-corrected chi connectivity index (χ0v) is 16.2. The first-order valence-electron chi connectivity index (χ1n) is 9.46. The Morgan fingerprint density at radius 2 is 1.81 bits per heavy atom. The van der Waals surface area contributed by atoms with E-state index >= 15 is 0 Å². The molecule has 2 atom stereocenters. The fourth-order valence-electron chi connectivity index (χ4n) is 3.92. The van der Waals surface area contributed by atoms with Crippen molar-refractivity contribution in [3.63, 3.8) is 0 Å². The number of anilines is 1. The number of rotatable bonds is 3. The minimum atomic E-state index is -0.116. The van der Waals surface area contributed by atoms with E-state index in [0.717, 1.165) is 31.7 Å². The normalized spacial score (nSPS) is 22.9. The quantitative estimate of drug-likeness (QED) is 0.854. The Labute approximate surface area is 165 Å². The maximum Gasteiger partial charge on any atom is 0.229 e. The van der Waals surface area contributed by atoms with Gasteiger partial charge in [0.1, 0.15) is 0 Å². The zero-order valence-electron chi connectivity index (χ0n) is 15.5. The number of piperazine rings is 1. The third-order valence-corrected chi connectivity index (χ3v) is 5.73. The van der Waals surface area contributed by atoms with Crippen LogP contribution in [0.25, 0.3) is 0 Å². The Kier molecular flexibility index (Phi) is 5.34. The van der Waals surface area contributed by atoms with E-state index in [4.69, 9.17) is 11.6 Å². The predicted octanol–water partition coefficient (Wildman–Crippen LogP) is 2.76. The van der Waals surface area contributed by atoms with Crippen LogP contribution < -0.4 is 15.8 Å². The molecule has 0 aliphatic carbocycles. The Morgan fingerprint density at radius 1 is 1.07 bits per heavy atom. The largest absolute Gasteiger partial charge is 0.368 e. The molecule has 0 bridgehead atoms. The minimum Gasteiger partial charge on any atom is -0.368 e. The molecule has 2 aromatic carbocycles. The van der Waals surface area contributed by atoms with Crippen LogP contribution in [0.2, 0.25) is 5.02 Å². The fourth-order valence-corrected chi connectivity index (χ4v) is 4.12. The highest BCUT2D eigenvalue weighted by Crippen LogP contribution is 2.29. The molecule has 1 amide bonds. The van der Waals surface area contributed by atoms with Crippen LogP contribution in [0, 0.1) is 12.8 Å². The van der Waals surface area contributed by atoms with Gasteiger partial charge in [-0.2, -0.15) is 0 Å². The van der Waals surface area contributed by atoms with E-state index in [2.05, 4.69) is 46.9 Å². The summed E-state index contributed by atoms with van der Waals surface area (Å²) in [5.41, 5.74) is 9.93. The van der Waals surface area contributed by atoms with Crippen LogP contribution in [0.15, 0.2) is 48.5 Å². The molecular weight excluding hydrogens is 360 g/mol. The molecule has 2 saturated heterocycles. The molecule has 142 valence electrons. The molecule has 0 radical (unpaired) electrons. The molecule has 5 nitrogen and oxygen atoms in total. The molecule has 0 spiro atoms. The number of amides is 1. The van der Waals surface area contributed by atoms with Crippen LogP contribution in [-0.4, -0.2) is 43.5 Å². The first kappa shape index (κ1) is 18.3. The topological polar surface area (TPSA) is 47.6 Å². The number of halogens is 1. The average Bonchev–Trinajstić information content (AvgIpc) is 3.18. The van der Waals surface area contributed by atoms with Gasteiger partial charge in [0.25, 0.3) is 0 Å². The number of hydrogen-bond donors (Lipinski definition) is 2. The van der Waals surface area contributed by atoms with Crippen LogP contribution >= 0.6 is 11.6 Å². The summed E-state index contributed by atoms with van der Waals surface area (Å²) in [6.45, 7) is 5.97. The highest BCUT2D eigenvalue weighted by Gasteiger charge is 2.37. The van der Waals surface area contributed by atoms with Gasteiger partial charge in [-0.1, -0.05) is 41.4 Å². The summed E-state index contributed by atoms with van der Waals surface area (Å²) in [6, 6.07) is 16.3. The van der Waals surface area contributed by atoms with Gasteiger partial charge in [-0.05, 0) is 36.8 Å². The van der Waals surface area contributed by atoms with E-state index in [1.54, 1.807) is 0 Å². The monoisotopic (exact) mass is 384 g/mol. The Bertz CT molecular complexity index is 802. The Morgan fingerprint density at radius 3 is 2.52 bits per heavy atom. The molecule has 6 heteroatoms. The lowest BCUT2D eigenvalue weighted by Crippen LogP contribution is -2.51. The molecule has 4 rings (SSSR count). The van der Waals surface area contributed by atoms with E-state index < -0.39 is 0 Å². The number of benzene rings is 2. The molecular formula is C21H25ClN4O. The van der Waals surface area contributed by atoms with Crippen molar-refractivity contribution >= 4 is 23.2 Å². The average molecular weight is 385 g/mol. The number of carbonyl (C=O) groups is 1. The summed E-state index contributed by atoms with van der Waals surface area (Å²) >= 11 is 6.13. The van der Waals surface area contributed by atoms with Crippen LogP contribution in [0.1, 0.15) is 17.2 Å². The second kappa shape index (κ2) is 7.89. The van der Waals surface area contributed by atoms with Gasteiger partial charge in [0.2, 0.25) is 5.91 Å². The standard InChI is InChI=1S/C21H25ClN4O/c1-15-5-7-18(8-6-15)25-9-11-26(12-10-25)21(27)19-14-23-24-20(19)16-3-2-4-17(22)13-16/h2-8,13,19-20,23-24H,9-12,14H2,1H3. The maximum atomic E-state index is 13.2. The summed E-state index contributed by atoms with van der Waals surface area (Å²) in [5.74, 6) is 0.0930. The van der Waals surface area contributed by atoms with Gasteiger partial charge in [-0.25, -0.2) is 5.43 Å². The van der Waals surface area contributed by atoms with Gasteiger partial charge in [0.15, 0.2) is 0 Å². The first-order chi connectivity index (χ1) is 13.1. The molecule has 2 unspecified atom stereocenters. The van der Waals surface area contributed by atoms with Gasteiger partial charge < -0.3 is 9.80 Å². The lowest BCUT2D eigenvalue weighted by Gasteiger charge is -2.37. The molecule has 2 aromatic rings. The van der Waals surface area contributed by atoms with E-state index in [0.29, 0.717) is 11.6 Å². The van der Waals surface area contributed by atoms with Gasteiger partial charge in [0.05, 0.1) is 12.0 Å². The fraction of sp³-hybridized carbons (Fsp3) is 0.381. The summed E-state index contributed by atoms with van der Waals surface area (Å²) in [5, 5.41) is 0.694. The molecule has 27 heavy (non-hydrogen) atoms. The second-order valence-electron chi connectivity index (χ2n) is 7.31. The van der Waals surface area contributed by atoms with E-state index in [1.165, 1.54) is 11.3 Å². The molecule has 2 N–H and O–H groups in total. The van der Waals surface area contributed by atoms with E-state index in [1.807, 2.05) is 29.2 Å². The van der Waals surface area contributed by atoms with Crippen molar-refractivity contribution in [3.05, 3.63) is 64.7 Å². The number of aryl methyl sites for hydroxylation is 1. The maximum absolute atomic E-state index is 13.2.